The van der Waals surface area contributed by atoms with E-state index >= 15 is 0 Å². The van der Waals surface area contributed by atoms with Crippen LogP contribution in [0.5, 0.6) is 28.7 Å². The number of ketones is 1. The second kappa shape index (κ2) is 10.6. The summed E-state index contributed by atoms with van der Waals surface area (Å²) in [5.74, 6) is 2.62. The summed E-state index contributed by atoms with van der Waals surface area (Å²) >= 11 is 1.27. The quantitative estimate of drug-likeness (QED) is 0.256. The summed E-state index contributed by atoms with van der Waals surface area (Å²) in [6.07, 6.45) is 2.51. The van der Waals surface area contributed by atoms with E-state index in [1.807, 2.05) is 24.3 Å². The topological polar surface area (TPSA) is 79.2 Å². The van der Waals surface area contributed by atoms with Crippen molar-refractivity contribution < 1.29 is 24.5 Å². The maximum Gasteiger partial charge on any atom is 0.206 e. The summed E-state index contributed by atoms with van der Waals surface area (Å²) in [6, 6.07) is 18.5. The van der Waals surface area contributed by atoms with Crippen molar-refractivity contribution in [1.82, 2.24) is 4.90 Å². The monoisotopic (exact) mass is 503 g/mol. The molecule has 1 atom stereocenters. The molecule has 36 heavy (non-hydrogen) atoms. The summed E-state index contributed by atoms with van der Waals surface area (Å²) < 4.78 is 12.9. The van der Waals surface area contributed by atoms with E-state index in [2.05, 4.69) is 11.8 Å². The number of hydrogen-bond donors (Lipinski definition) is 2. The van der Waals surface area contributed by atoms with Crippen molar-refractivity contribution >= 4 is 27.2 Å². The van der Waals surface area contributed by atoms with E-state index in [9.17, 15) is 15.0 Å². The van der Waals surface area contributed by atoms with Crippen LogP contribution in [0, 0.1) is 5.92 Å². The molecular formula is C29H29NO5S. The van der Waals surface area contributed by atoms with Gasteiger partial charge in [0.15, 0.2) is 5.75 Å². The lowest BCUT2D eigenvalue weighted by molar-refractivity contribution is 0.104. The average molecular weight is 504 g/mol. The number of carbonyl (C=O) groups is 1. The fourth-order valence-electron chi connectivity index (χ4n) is 4.52. The molecule has 0 aliphatic carbocycles. The van der Waals surface area contributed by atoms with E-state index in [1.165, 1.54) is 36.3 Å². The van der Waals surface area contributed by atoms with Crippen LogP contribution in [-0.4, -0.2) is 47.1 Å². The van der Waals surface area contributed by atoms with E-state index in [-0.39, 0.29) is 17.3 Å². The summed E-state index contributed by atoms with van der Waals surface area (Å²) in [5.41, 5.74) is 0.445. The standard InChI is InChI=1S/C29H29NO5S/c1-2-19-13-14-30(18-19)15-16-34-23-8-10-24(11-9-23)35-28-25-12-7-22(32)17-26(25)36-29(28)27(33)20-3-5-21(31)6-4-20/h3-12,17,19,31-32H,2,13-16,18H2,1H3/t19-/m0/s1. The van der Waals surface area contributed by atoms with Gasteiger partial charge in [0.1, 0.15) is 34.5 Å². The van der Waals surface area contributed by atoms with Gasteiger partial charge in [-0.25, -0.2) is 0 Å². The van der Waals surface area contributed by atoms with E-state index in [4.69, 9.17) is 9.47 Å². The predicted molar refractivity (Wildman–Crippen MR) is 142 cm³/mol. The molecule has 0 spiro atoms. The van der Waals surface area contributed by atoms with Gasteiger partial charge in [-0.05, 0) is 85.6 Å². The molecule has 6 nitrogen and oxygen atoms in total. The summed E-state index contributed by atoms with van der Waals surface area (Å²) in [5, 5.41) is 20.3. The highest BCUT2D eigenvalue weighted by molar-refractivity contribution is 7.21. The Bertz CT molecular complexity index is 1350. The molecule has 0 amide bonds. The number of fused-ring (bicyclic) bond motifs is 1. The van der Waals surface area contributed by atoms with Gasteiger partial charge in [0.2, 0.25) is 5.78 Å². The van der Waals surface area contributed by atoms with Gasteiger partial charge < -0.3 is 19.7 Å². The highest BCUT2D eigenvalue weighted by Crippen LogP contribution is 2.43. The van der Waals surface area contributed by atoms with Crippen LogP contribution in [0.1, 0.15) is 35.0 Å². The molecule has 0 unspecified atom stereocenters. The number of thiophene rings is 1. The van der Waals surface area contributed by atoms with Crippen LogP contribution >= 0.6 is 11.3 Å². The van der Waals surface area contributed by atoms with Crippen LogP contribution in [0.25, 0.3) is 10.1 Å². The molecule has 3 aromatic carbocycles. The third kappa shape index (κ3) is 5.32. The Kier molecular flexibility index (Phi) is 7.11. The SMILES string of the molecule is CC[C@H]1CCN(CCOc2ccc(Oc3c(C(=O)c4ccc(O)cc4)sc4cc(O)ccc34)cc2)C1. The second-order valence-corrected chi connectivity index (χ2v) is 10.2. The van der Waals surface area contributed by atoms with Gasteiger partial charge in [-0.3, -0.25) is 9.69 Å². The fourth-order valence-corrected chi connectivity index (χ4v) is 5.65. The molecule has 5 rings (SSSR count). The fraction of sp³-hybridized carbons (Fsp3) is 0.276. The molecule has 186 valence electrons. The Morgan fingerprint density at radius 2 is 1.72 bits per heavy atom. The molecule has 0 radical (unpaired) electrons. The van der Waals surface area contributed by atoms with E-state index in [0.29, 0.717) is 28.5 Å². The number of likely N-dealkylation sites (tertiary alicyclic amines) is 1. The zero-order valence-corrected chi connectivity index (χ0v) is 21.0. The number of hydrogen-bond acceptors (Lipinski definition) is 7. The Hall–Kier alpha value is -3.55. The van der Waals surface area contributed by atoms with Gasteiger partial charge in [-0.2, -0.15) is 0 Å². The molecular weight excluding hydrogens is 474 g/mol. The molecule has 1 aliphatic rings. The number of ether oxygens (including phenoxy) is 2. The molecule has 1 aromatic heterocycles. The van der Waals surface area contributed by atoms with Gasteiger partial charge >= 0.3 is 0 Å². The average Bonchev–Trinajstić information content (AvgIpc) is 3.49. The molecule has 2 N–H and O–H groups in total. The van der Waals surface area contributed by atoms with E-state index in [1.54, 1.807) is 30.3 Å². The lowest BCUT2D eigenvalue weighted by Crippen LogP contribution is -2.26. The first-order valence-electron chi connectivity index (χ1n) is 12.2. The van der Waals surface area contributed by atoms with Crippen molar-refractivity contribution in [1.29, 1.82) is 0 Å². The number of nitrogens with zero attached hydrogens (tertiary/aromatic N) is 1. The summed E-state index contributed by atoms with van der Waals surface area (Å²) in [4.78, 5) is 16.2. The molecule has 2 heterocycles. The van der Waals surface area contributed by atoms with Gasteiger partial charge in [-0.15, -0.1) is 11.3 Å². The van der Waals surface area contributed by atoms with Crippen molar-refractivity contribution in [2.75, 3.05) is 26.2 Å². The summed E-state index contributed by atoms with van der Waals surface area (Å²) in [6.45, 7) is 6.12. The van der Waals surface area contributed by atoms with Crippen LogP contribution in [0.15, 0.2) is 66.7 Å². The van der Waals surface area contributed by atoms with Crippen LogP contribution < -0.4 is 9.47 Å². The Labute approximate surface area is 214 Å². The second-order valence-electron chi connectivity index (χ2n) is 9.10. The molecule has 7 heteroatoms. The molecule has 4 aromatic rings. The van der Waals surface area contributed by atoms with Crippen molar-refractivity contribution in [3.63, 3.8) is 0 Å². The smallest absolute Gasteiger partial charge is 0.206 e. The number of rotatable bonds is 9. The Balaban J connectivity index is 1.32. The first-order valence-corrected chi connectivity index (χ1v) is 13.0. The molecule has 0 bridgehead atoms. The minimum absolute atomic E-state index is 0.0946. The Morgan fingerprint density at radius 3 is 2.44 bits per heavy atom. The molecule has 1 saturated heterocycles. The minimum atomic E-state index is -0.210. The maximum atomic E-state index is 13.3. The third-order valence-electron chi connectivity index (χ3n) is 6.63. The molecule has 1 fully saturated rings. The van der Waals surface area contributed by atoms with Gasteiger partial charge in [0.05, 0.1) is 0 Å². The van der Waals surface area contributed by atoms with Crippen molar-refractivity contribution in [2.45, 2.75) is 19.8 Å². The predicted octanol–water partition coefficient (Wildman–Crippen LogP) is 6.45. The number of aromatic hydroxyl groups is 2. The largest absolute Gasteiger partial charge is 0.508 e. The van der Waals surface area contributed by atoms with Crippen molar-refractivity contribution in [3.8, 4) is 28.7 Å². The molecule has 1 aliphatic heterocycles. The maximum absolute atomic E-state index is 13.3. The summed E-state index contributed by atoms with van der Waals surface area (Å²) in [7, 11) is 0. The zero-order chi connectivity index (χ0) is 25.1. The van der Waals surface area contributed by atoms with Gasteiger partial charge in [0, 0.05) is 28.7 Å². The number of carbonyl (C=O) groups excluding carboxylic acids is 1. The first-order chi connectivity index (χ1) is 17.5. The Morgan fingerprint density at radius 1 is 1.00 bits per heavy atom. The lowest BCUT2D eigenvalue weighted by Gasteiger charge is -2.16. The third-order valence-corrected chi connectivity index (χ3v) is 7.76. The van der Waals surface area contributed by atoms with Gasteiger partial charge in [-0.1, -0.05) is 13.3 Å². The van der Waals surface area contributed by atoms with Crippen LogP contribution in [0.2, 0.25) is 0 Å². The first kappa shape index (κ1) is 24.2. The number of phenolic OH excluding ortho intramolecular Hbond substituents is 2. The van der Waals surface area contributed by atoms with E-state index < -0.39 is 0 Å². The lowest BCUT2D eigenvalue weighted by atomic mass is 10.1. The number of benzene rings is 3. The van der Waals surface area contributed by atoms with E-state index in [0.717, 1.165) is 41.4 Å². The van der Waals surface area contributed by atoms with Crippen LogP contribution in [-0.2, 0) is 0 Å². The molecule has 0 saturated carbocycles. The van der Waals surface area contributed by atoms with Crippen LogP contribution in [0.4, 0.5) is 0 Å². The highest BCUT2D eigenvalue weighted by atomic mass is 32.1. The van der Waals surface area contributed by atoms with Crippen molar-refractivity contribution in [2.24, 2.45) is 5.92 Å². The van der Waals surface area contributed by atoms with Crippen molar-refractivity contribution in [3.05, 3.63) is 77.2 Å². The highest BCUT2D eigenvalue weighted by Gasteiger charge is 2.23. The zero-order valence-electron chi connectivity index (χ0n) is 20.1. The van der Waals surface area contributed by atoms with Gasteiger partial charge in [0.25, 0.3) is 0 Å². The number of phenols is 2. The normalized spacial score (nSPS) is 15.9. The van der Waals surface area contributed by atoms with Crippen LogP contribution in [0.3, 0.4) is 0 Å². The minimum Gasteiger partial charge on any atom is -0.508 e.